The number of nitrogens with zero attached hydrogens (tertiary/aromatic N) is 2. The highest BCUT2D eigenvalue weighted by Gasteiger charge is 2.08. The Kier molecular flexibility index (Phi) is 4.11. The van der Waals surface area contributed by atoms with Crippen molar-refractivity contribution >= 4 is 23.1 Å². The first-order valence-electron chi connectivity index (χ1n) is 4.61. The van der Waals surface area contributed by atoms with E-state index in [2.05, 4.69) is 15.3 Å². The molecule has 6 heteroatoms. The number of nitrogens with one attached hydrogen (secondary N) is 1. The molecule has 1 aromatic rings. The molecule has 1 heterocycles. The minimum atomic E-state index is 0.0819. The van der Waals surface area contributed by atoms with Crippen LogP contribution in [0, 0.1) is 6.92 Å². The smallest absolute Gasteiger partial charge is 0.224 e. The van der Waals surface area contributed by atoms with Gasteiger partial charge in [0, 0.05) is 13.7 Å². The number of ether oxygens (including phenoxy) is 1. The van der Waals surface area contributed by atoms with Gasteiger partial charge in [-0.05, 0) is 25.4 Å². The number of aromatic nitrogens is 2. The van der Waals surface area contributed by atoms with Crippen molar-refractivity contribution in [3.8, 4) is 0 Å². The lowest BCUT2D eigenvalue weighted by Crippen LogP contribution is -2.19. The number of hydrogen-bond donors (Lipinski definition) is 2. The highest BCUT2D eigenvalue weighted by atomic mass is 35.5. The van der Waals surface area contributed by atoms with Gasteiger partial charge >= 0.3 is 0 Å². The molecule has 1 rings (SSSR count). The molecular formula is C9H15ClN4O. The van der Waals surface area contributed by atoms with Crippen LogP contribution in [-0.4, -0.2) is 29.7 Å². The molecule has 0 aliphatic carbocycles. The zero-order valence-electron chi connectivity index (χ0n) is 9.04. The topological polar surface area (TPSA) is 73.1 Å². The lowest BCUT2D eigenvalue weighted by Gasteiger charge is -2.13. The van der Waals surface area contributed by atoms with Crippen LogP contribution in [0.3, 0.4) is 0 Å². The summed E-state index contributed by atoms with van der Waals surface area (Å²) in [6, 6.07) is 0. The third-order valence-corrected chi connectivity index (χ3v) is 2.24. The fraction of sp³-hybridized carbons (Fsp3) is 0.556. The summed E-state index contributed by atoms with van der Waals surface area (Å²) >= 11 is 5.72. The van der Waals surface area contributed by atoms with Gasteiger partial charge in [-0.15, -0.1) is 0 Å². The van der Waals surface area contributed by atoms with E-state index in [-0.39, 0.29) is 11.4 Å². The predicted octanol–water partition coefficient (Wildman–Crippen LogP) is 1.47. The molecule has 0 aliphatic heterocycles. The highest BCUT2D eigenvalue weighted by molar-refractivity contribution is 6.28. The molecule has 0 radical (unpaired) electrons. The summed E-state index contributed by atoms with van der Waals surface area (Å²) in [6.07, 6.45) is 0.0819. The summed E-state index contributed by atoms with van der Waals surface area (Å²) in [5, 5.41) is 3.25. The molecule has 3 N–H and O–H groups in total. The molecule has 1 atom stereocenters. The number of methoxy groups -OCH3 is 1. The van der Waals surface area contributed by atoms with Crippen molar-refractivity contribution in [3.63, 3.8) is 0 Å². The van der Waals surface area contributed by atoms with Crippen LogP contribution in [0.25, 0.3) is 0 Å². The number of nitrogen functional groups attached to an aromatic ring is 1. The van der Waals surface area contributed by atoms with Gasteiger partial charge in [-0.1, -0.05) is 0 Å². The number of nitrogens with two attached hydrogens (primary N) is 1. The first kappa shape index (κ1) is 12.0. The second-order valence-electron chi connectivity index (χ2n) is 3.27. The maximum Gasteiger partial charge on any atom is 0.224 e. The molecule has 0 amide bonds. The molecule has 0 aliphatic rings. The van der Waals surface area contributed by atoms with Crippen LogP contribution in [-0.2, 0) is 4.74 Å². The summed E-state index contributed by atoms with van der Waals surface area (Å²) in [5.74, 6) is 0.552. The lowest BCUT2D eigenvalue weighted by atomic mass is 10.3. The summed E-state index contributed by atoms with van der Waals surface area (Å²) < 4.78 is 5.09. The van der Waals surface area contributed by atoms with Crippen LogP contribution in [0.5, 0.6) is 0 Å². The Balaban J connectivity index is 2.76. The van der Waals surface area contributed by atoms with Gasteiger partial charge in [-0.2, -0.15) is 4.98 Å². The largest absolute Gasteiger partial charge is 0.394 e. The fourth-order valence-corrected chi connectivity index (χ4v) is 1.22. The molecule has 5 nitrogen and oxygen atoms in total. The molecule has 0 saturated carbocycles. The van der Waals surface area contributed by atoms with Gasteiger partial charge in [0.25, 0.3) is 0 Å². The SMILES string of the molecule is COC(C)CNc1nc(Cl)nc(C)c1N. The Labute approximate surface area is 94.0 Å². The van der Waals surface area contributed by atoms with Crippen molar-refractivity contribution in [2.45, 2.75) is 20.0 Å². The Bertz CT molecular complexity index is 345. The van der Waals surface area contributed by atoms with Crippen molar-refractivity contribution in [1.82, 2.24) is 9.97 Å². The minimum Gasteiger partial charge on any atom is -0.394 e. The van der Waals surface area contributed by atoms with Gasteiger partial charge in [0.05, 0.1) is 17.5 Å². The summed E-state index contributed by atoms with van der Waals surface area (Å²) in [5.41, 5.74) is 6.98. The molecule has 1 aromatic heterocycles. The molecule has 1 unspecified atom stereocenters. The van der Waals surface area contributed by atoms with Crippen LogP contribution < -0.4 is 11.1 Å². The zero-order valence-corrected chi connectivity index (χ0v) is 9.80. The average Bonchev–Trinajstić information content (AvgIpc) is 2.20. The summed E-state index contributed by atoms with van der Waals surface area (Å²) in [7, 11) is 1.65. The van der Waals surface area contributed by atoms with Crippen molar-refractivity contribution in [2.75, 3.05) is 24.7 Å². The van der Waals surface area contributed by atoms with E-state index in [1.54, 1.807) is 14.0 Å². The summed E-state index contributed by atoms with van der Waals surface area (Å²) in [6.45, 7) is 4.35. The minimum absolute atomic E-state index is 0.0819. The van der Waals surface area contributed by atoms with E-state index in [1.807, 2.05) is 6.92 Å². The molecule has 0 aromatic carbocycles. The van der Waals surface area contributed by atoms with Gasteiger partial charge in [0.1, 0.15) is 0 Å². The molecule has 0 fully saturated rings. The number of halogens is 1. The number of hydrogen-bond acceptors (Lipinski definition) is 5. The fourth-order valence-electron chi connectivity index (χ4n) is 1.01. The van der Waals surface area contributed by atoms with E-state index in [1.165, 1.54) is 0 Å². The van der Waals surface area contributed by atoms with E-state index in [9.17, 15) is 0 Å². The Morgan fingerprint density at radius 3 is 2.80 bits per heavy atom. The normalized spacial score (nSPS) is 12.5. The van der Waals surface area contributed by atoms with E-state index in [4.69, 9.17) is 22.1 Å². The zero-order chi connectivity index (χ0) is 11.4. The monoisotopic (exact) mass is 230 g/mol. The van der Waals surface area contributed by atoms with Crippen LogP contribution in [0.1, 0.15) is 12.6 Å². The van der Waals surface area contributed by atoms with E-state index in [0.717, 1.165) is 0 Å². The maximum atomic E-state index is 5.79. The number of aryl methyl sites for hydroxylation is 1. The number of anilines is 2. The predicted molar refractivity (Wildman–Crippen MR) is 61.2 cm³/mol. The molecular weight excluding hydrogens is 216 g/mol. The molecule has 15 heavy (non-hydrogen) atoms. The quantitative estimate of drug-likeness (QED) is 0.767. The lowest BCUT2D eigenvalue weighted by molar-refractivity contribution is 0.128. The molecule has 84 valence electrons. The number of rotatable bonds is 4. The van der Waals surface area contributed by atoms with Crippen LogP contribution in [0.2, 0.25) is 5.28 Å². The Morgan fingerprint density at radius 2 is 2.20 bits per heavy atom. The van der Waals surface area contributed by atoms with Gasteiger partial charge < -0.3 is 15.8 Å². The van der Waals surface area contributed by atoms with Gasteiger partial charge in [-0.3, -0.25) is 0 Å². The first-order valence-corrected chi connectivity index (χ1v) is 4.98. The van der Waals surface area contributed by atoms with Crippen LogP contribution in [0.15, 0.2) is 0 Å². The summed E-state index contributed by atoms with van der Waals surface area (Å²) in [4.78, 5) is 7.94. The van der Waals surface area contributed by atoms with Crippen LogP contribution in [0.4, 0.5) is 11.5 Å². The first-order chi connectivity index (χ1) is 7.04. The molecule has 0 spiro atoms. The van der Waals surface area contributed by atoms with Crippen molar-refractivity contribution in [2.24, 2.45) is 0 Å². The van der Waals surface area contributed by atoms with Crippen LogP contribution >= 0.6 is 11.6 Å². The Morgan fingerprint density at radius 1 is 1.53 bits per heavy atom. The van der Waals surface area contributed by atoms with Gasteiger partial charge in [0.15, 0.2) is 5.82 Å². The second kappa shape index (κ2) is 5.14. The highest BCUT2D eigenvalue weighted by Crippen LogP contribution is 2.20. The van der Waals surface area contributed by atoms with E-state index >= 15 is 0 Å². The van der Waals surface area contributed by atoms with Gasteiger partial charge in [0.2, 0.25) is 5.28 Å². The standard InChI is InChI=1S/C9H15ClN4O/c1-5(15-3)4-12-8-7(11)6(2)13-9(10)14-8/h5H,4,11H2,1-3H3,(H,12,13,14). The Hall–Kier alpha value is -1.07. The maximum absolute atomic E-state index is 5.79. The second-order valence-corrected chi connectivity index (χ2v) is 3.61. The van der Waals surface area contributed by atoms with Crippen molar-refractivity contribution in [1.29, 1.82) is 0 Å². The third kappa shape index (κ3) is 3.21. The van der Waals surface area contributed by atoms with Gasteiger partial charge in [-0.25, -0.2) is 4.98 Å². The van der Waals surface area contributed by atoms with Crippen molar-refractivity contribution < 1.29 is 4.74 Å². The van der Waals surface area contributed by atoms with Crippen molar-refractivity contribution in [3.05, 3.63) is 11.0 Å². The van der Waals surface area contributed by atoms with E-state index in [0.29, 0.717) is 23.7 Å². The van der Waals surface area contributed by atoms with E-state index < -0.39 is 0 Å². The average molecular weight is 231 g/mol. The third-order valence-electron chi connectivity index (χ3n) is 2.07. The molecule has 0 bridgehead atoms. The molecule has 0 saturated heterocycles.